The van der Waals surface area contributed by atoms with Gasteiger partial charge >= 0.3 is 0 Å². The van der Waals surface area contributed by atoms with E-state index in [0.717, 1.165) is 11.1 Å². The van der Waals surface area contributed by atoms with Gasteiger partial charge in [-0.05, 0) is 40.5 Å². The molecule has 0 saturated carbocycles. The smallest absolute Gasteiger partial charge is 0.184 e. The number of aromatic hydroxyl groups is 1. The Balaban J connectivity index is 2.37. The number of hydrogen-bond donors (Lipinski definition) is 1. The average Bonchev–Trinajstić information content (AvgIpc) is 2.64. The monoisotopic (exact) mass is 258 g/mol. The van der Waals surface area contributed by atoms with Gasteiger partial charge in [-0.3, -0.25) is 0 Å². The van der Waals surface area contributed by atoms with Crippen LogP contribution in [0.4, 0.5) is 0 Å². The van der Waals surface area contributed by atoms with E-state index in [1.807, 2.05) is 13.0 Å². The lowest BCUT2D eigenvalue weighted by molar-refractivity contribution is -0.0446. The first kappa shape index (κ1) is 9.96. The van der Waals surface area contributed by atoms with E-state index in [2.05, 4.69) is 15.9 Å². The van der Waals surface area contributed by atoms with Gasteiger partial charge in [0.25, 0.3) is 0 Å². The fraction of sp³-hybridized carbons (Fsp3) is 0.400. The van der Waals surface area contributed by atoms with E-state index in [9.17, 15) is 5.11 Å². The van der Waals surface area contributed by atoms with Crippen LogP contribution in [-0.2, 0) is 9.47 Å². The Morgan fingerprint density at radius 3 is 2.64 bits per heavy atom. The van der Waals surface area contributed by atoms with E-state index in [4.69, 9.17) is 9.47 Å². The number of ether oxygens (including phenoxy) is 2. The van der Waals surface area contributed by atoms with Crippen LogP contribution in [0.25, 0.3) is 0 Å². The second-order valence-electron chi connectivity index (χ2n) is 3.23. The van der Waals surface area contributed by atoms with E-state index in [0.29, 0.717) is 17.7 Å². The van der Waals surface area contributed by atoms with Crippen molar-refractivity contribution in [1.82, 2.24) is 0 Å². The van der Waals surface area contributed by atoms with E-state index in [1.54, 1.807) is 6.07 Å². The lowest BCUT2D eigenvalue weighted by Crippen LogP contribution is -2.00. The molecule has 0 spiro atoms. The molecular formula is C10H11BrO3. The molecule has 1 aliphatic heterocycles. The van der Waals surface area contributed by atoms with Crippen molar-refractivity contribution in [3.8, 4) is 5.75 Å². The largest absolute Gasteiger partial charge is 0.507 e. The summed E-state index contributed by atoms with van der Waals surface area (Å²) < 4.78 is 11.4. The van der Waals surface area contributed by atoms with Gasteiger partial charge in [0.05, 0.1) is 17.7 Å². The van der Waals surface area contributed by atoms with Crippen molar-refractivity contribution in [1.29, 1.82) is 0 Å². The highest BCUT2D eigenvalue weighted by atomic mass is 79.9. The molecule has 1 heterocycles. The number of phenols is 1. The summed E-state index contributed by atoms with van der Waals surface area (Å²) in [5.41, 5.74) is 1.93. The predicted molar refractivity (Wildman–Crippen MR) is 55.2 cm³/mol. The highest BCUT2D eigenvalue weighted by molar-refractivity contribution is 9.10. The summed E-state index contributed by atoms with van der Waals surface area (Å²) in [6.07, 6.45) is -0.285. The summed E-state index contributed by atoms with van der Waals surface area (Å²) >= 11 is 3.27. The molecule has 0 amide bonds. The zero-order chi connectivity index (χ0) is 10.1. The zero-order valence-electron chi connectivity index (χ0n) is 7.79. The SMILES string of the molecule is Cc1cc(O)c(Br)cc1C1OCCO1. The third kappa shape index (κ3) is 1.78. The molecule has 4 heteroatoms. The number of phenolic OH excluding ortho intramolecular Hbond substituents is 1. The molecule has 1 fully saturated rings. The molecule has 1 aromatic carbocycles. The Morgan fingerprint density at radius 1 is 1.36 bits per heavy atom. The lowest BCUT2D eigenvalue weighted by Gasteiger charge is -2.13. The van der Waals surface area contributed by atoms with Crippen LogP contribution in [0.2, 0.25) is 0 Å². The molecule has 3 nitrogen and oxygen atoms in total. The van der Waals surface area contributed by atoms with Crippen LogP contribution in [-0.4, -0.2) is 18.3 Å². The number of benzene rings is 1. The molecule has 0 bridgehead atoms. The van der Waals surface area contributed by atoms with Gasteiger partial charge in [-0.25, -0.2) is 0 Å². The van der Waals surface area contributed by atoms with Crippen molar-refractivity contribution in [3.63, 3.8) is 0 Å². The topological polar surface area (TPSA) is 38.7 Å². The molecule has 14 heavy (non-hydrogen) atoms. The standard InChI is InChI=1S/C10H11BrO3/c1-6-4-9(12)8(11)5-7(6)10-13-2-3-14-10/h4-5,10,12H,2-3H2,1H3. The second kappa shape index (κ2) is 3.88. The van der Waals surface area contributed by atoms with E-state index in [-0.39, 0.29) is 12.0 Å². The Labute approximate surface area is 90.8 Å². The first-order valence-corrected chi connectivity index (χ1v) is 5.20. The first-order chi connectivity index (χ1) is 6.68. The second-order valence-corrected chi connectivity index (χ2v) is 4.09. The normalized spacial score (nSPS) is 17.6. The molecule has 2 rings (SSSR count). The van der Waals surface area contributed by atoms with Crippen LogP contribution < -0.4 is 0 Å². The summed E-state index contributed by atoms with van der Waals surface area (Å²) in [6, 6.07) is 3.53. The number of hydrogen-bond acceptors (Lipinski definition) is 3. The van der Waals surface area contributed by atoms with Crippen molar-refractivity contribution < 1.29 is 14.6 Å². The summed E-state index contributed by atoms with van der Waals surface area (Å²) in [7, 11) is 0. The Morgan fingerprint density at radius 2 is 2.00 bits per heavy atom. The molecule has 76 valence electrons. The maximum absolute atomic E-state index is 9.44. The minimum atomic E-state index is -0.285. The van der Waals surface area contributed by atoms with Gasteiger partial charge in [-0.2, -0.15) is 0 Å². The maximum atomic E-state index is 9.44. The van der Waals surface area contributed by atoms with Gasteiger partial charge in [-0.15, -0.1) is 0 Å². The molecule has 0 atom stereocenters. The minimum Gasteiger partial charge on any atom is -0.507 e. The van der Waals surface area contributed by atoms with Gasteiger partial charge in [0.2, 0.25) is 0 Å². The van der Waals surface area contributed by atoms with Crippen molar-refractivity contribution in [2.75, 3.05) is 13.2 Å². The van der Waals surface area contributed by atoms with E-state index < -0.39 is 0 Å². The van der Waals surface area contributed by atoms with Crippen molar-refractivity contribution in [2.24, 2.45) is 0 Å². The van der Waals surface area contributed by atoms with Crippen molar-refractivity contribution in [3.05, 3.63) is 27.7 Å². The molecule has 0 aliphatic carbocycles. The van der Waals surface area contributed by atoms with Crippen molar-refractivity contribution >= 4 is 15.9 Å². The molecule has 1 aliphatic rings. The van der Waals surface area contributed by atoms with Gasteiger partial charge < -0.3 is 14.6 Å². The third-order valence-corrected chi connectivity index (χ3v) is 2.85. The van der Waals surface area contributed by atoms with E-state index >= 15 is 0 Å². The summed E-state index contributed by atoms with van der Waals surface area (Å²) in [4.78, 5) is 0. The van der Waals surface area contributed by atoms with Crippen LogP contribution in [0.1, 0.15) is 17.4 Å². The molecule has 0 radical (unpaired) electrons. The number of rotatable bonds is 1. The number of halogens is 1. The molecular weight excluding hydrogens is 248 g/mol. The summed E-state index contributed by atoms with van der Waals surface area (Å²) in [6.45, 7) is 3.18. The predicted octanol–water partition coefficient (Wildman–Crippen LogP) is 2.51. The Hall–Kier alpha value is -0.580. The molecule has 0 aromatic heterocycles. The molecule has 1 saturated heterocycles. The van der Waals surface area contributed by atoms with Gasteiger partial charge in [-0.1, -0.05) is 0 Å². The maximum Gasteiger partial charge on any atom is 0.184 e. The average molecular weight is 259 g/mol. The van der Waals surface area contributed by atoms with E-state index in [1.165, 1.54) is 0 Å². The third-order valence-electron chi connectivity index (χ3n) is 2.21. The van der Waals surface area contributed by atoms with Crippen LogP contribution in [0.3, 0.4) is 0 Å². The highest BCUT2D eigenvalue weighted by Gasteiger charge is 2.21. The molecule has 0 unspecified atom stereocenters. The fourth-order valence-corrected chi connectivity index (χ4v) is 1.83. The Bertz CT molecular complexity index is 345. The minimum absolute atomic E-state index is 0.240. The first-order valence-electron chi connectivity index (χ1n) is 4.40. The molecule has 1 aromatic rings. The fourth-order valence-electron chi connectivity index (χ4n) is 1.47. The van der Waals surface area contributed by atoms with Crippen LogP contribution in [0.15, 0.2) is 16.6 Å². The Kier molecular flexibility index (Phi) is 2.76. The van der Waals surface area contributed by atoms with Gasteiger partial charge in [0.15, 0.2) is 6.29 Å². The summed E-state index contributed by atoms with van der Waals surface area (Å²) in [5, 5.41) is 9.44. The van der Waals surface area contributed by atoms with Gasteiger partial charge in [0, 0.05) is 5.56 Å². The van der Waals surface area contributed by atoms with Crippen molar-refractivity contribution in [2.45, 2.75) is 13.2 Å². The number of aryl methyl sites for hydroxylation is 1. The molecule has 1 N–H and O–H groups in total. The van der Waals surface area contributed by atoms with Crippen LogP contribution in [0.5, 0.6) is 5.75 Å². The summed E-state index contributed by atoms with van der Waals surface area (Å²) in [5.74, 6) is 0.240. The zero-order valence-corrected chi connectivity index (χ0v) is 9.37. The van der Waals surface area contributed by atoms with Gasteiger partial charge in [0.1, 0.15) is 5.75 Å². The quantitative estimate of drug-likeness (QED) is 0.842. The lowest BCUT2D eigenvalue weighted by atomic mass is 10.1. The van der Waals surface area contributed by atoms with Crippen LogP contribution >= 0.6 is 15.9 Å². The highest BCUT2D eigenvalue weighted by Crippen LogP contribution is 2.33. The van der Waals surface area contributed by atoms with Crippen LogP contribution in [0, 0.1) is 6.92 Å².